The molecule has 0 fully saturated rings. The number of rotatable bonds is 3. The van der Waals surface area contributed by atoms with Gasteiger partial charge in [-0.2, -0.15) is 0 Å². The van der Waals surface area contributed by atoms with Gasteiger partial charge in [-0.1, -0.05) is 6.07 Å². The number of aromatic nitrogens is 3. The number of nitrogens with one attached hydrogen (secondary N) is 1. The summed E-state index contributed by atoms with van der Waals surface area (Å²) in [6, 6.07) is 6.31. The molecule has 1 aliphatic carbocycles. The minimum absolute atomic E-state index is 0.677. The van der Waals surface area contributed by atoms with Crippen molar-refractivity contribution in [3.05, 3.63) is 46.5 Å². The highest BCUT2D eigenvalue weighted by Gasteiger charge is 2.11. The van der Waals surface area contributed by atoms with Gasteiger partial charge in [0.2, 0.25) is 5.95 Å². The second kappa shape index (κ2) is 5.57. The second-order valence-corrected chi connectivity index (χ2v) is 5.44. The lowest BCUT2D eigenvalue weighted by atomic mass is 9.96. The average molecular weight is 268 g/mol. The maximum absolute atomic E-state index is 4.76. The van der Waals surface area contributed by atoms with Gasteiger partial charge in [-0.05, 0) is 57.2 Å². The van der Waals surface area contributed by atoms with E-state index in [1.54, 1.807) is 0 Å². The van der Waals surface area contributed by atoms with Gasteiger partial charge in [0.1, 0.15) is 0 Å². The van der Waals surface area contributed by atoms with Crippen LogP contribution < -0.4 is 5.32 Å². The lowest BCUT2D eigenvalue weighted by Gasteiger charge is -2.15. The molecule has 4 heteroatoms. The van der Waals surface area contributed by atoms with Gasteiger partial charge in [0.25, 0.3) is 0 Å². The van der Waals surface area contributed by atoms with Gasteiger partial charge >= 0.3 is 0 Å². The van der Waals surface area contributed by atoms with E-state index in [4.69, 9.17) is 4.98 Å². The summed E-state index contributed by atoms with van der Waals surface area (Å²) in [5, 5.41) is 3.26. The molecule has 2 heterocycles. The lowest BCUT2D eigenvalue weighted by Crippen LogP contribution is -2.10. The van der Waals surface area contributed by atoms with E-state index in [9.17, 15) is 0 Å². The largest absolute Gasteiger partial charge is 0.349 e. The van der Waals surface area contributed by atoms with Crippen LogP contribution in [0.25, 0.3) is 0 Å². The highest BCUT2D eigenvalue weighted by molar-refractivity contribution is 5.30. The quantitative estimate of drug-likeness (QED) is 0.929. The van der Waals surface area contributed by atoms with Crippen LogP contribution in [-0.4, -0.2) is 15.0 Å². The van der Waals surface area contributed by atoms with Crippen LogP contribution in [0.2, 0.25) is 0 Å². The van der Waals surface area contributed by atoms with Crippen LogP contribution in [-0.2, 0) is 19.4 Å². The highest BCUT2D eigenvalue weighted by Crippen LogP contribution is 2.19. The third-order valence-corrected chi connectivity index (χ3v) is 3.65. The summed E-state index contributed by atoms with van der Waals surface area (Å²) in [5.41, 5.74) is 5.73. The van der Waals surface area contributed by atoms with E-state index in [-0.39, 0.29) is 0 Å². The van der Waals surface area contributed by atoms with Crippen molar-refractivity contribution in [1.29, 1.82) is 0 Å². The fourth-order valence-electron chi connectivity index (χ4n) is 2.70. The normalized spacial score (nSPS) is 13.9. The highest BCUT2D eigenvalue weighted by atomic mass is 15.1. The van der Waals surface area contributed by atoms with E-state index in [0.717, 1.165) is 23.5 Å². The molecule has 0 saturated heterocycles. The van der Waals surface area contributed by atoms with Crippen LogP contribution in [0.5, 0.6) is 0 Å². The van der Waals surface area contributed by atoms with Crippen LogP contribution in [0.1, 0.15) is 41.2 Å². The van der Waals surface area contributed by atoms with Crippen LogP contribution in [0.15, 0.2) is 18.2 Å². The molecule has 1 N–H and O–H groups in total. The number of aryl methyl sites for hydroxylation is 4. The zero-order valence-corrected chi connectivity index (χ0v) is 12.1. The molecule has 0 amide bonds. The monoisotopic (exact) mass is 268 g/mol. The number of anilines is 1. The molecule has 20 heavy (non-hydrogen) atoms. The zero-order chi connectivity index (χ0) is 13.9. The first-order chi connectivity index (χ1) is 9.70. The Morgan fingerprint density at radius 3 is 2.55 bits per heavy atom. The summed E-state index contributed by atoms with van der Waals surface area (Å²) in [6.07, 6.45) is 4.85. The van der Waals surface area contributed by atoms with Gasteiger partial charge in [-0.15, -0.1) is 0 Å². The first kappa shape index (κ1) is 13.0. The SMILES string of the molecule is Cc1cc(C)nc(NCc2ccc3c(n2)CCCC3)n1. The molecule has 0 spiro atoms. The smallest absolute Gasteiger partial charge is 0.223 e. The molecule has 3 rings (SSSR count). The van der Waals surface area contributed by atoms with Crippen molar-refractivity contribution in [1.82, 2.24) is 15.0 Å². The van der Waals surface area contributed by atoms with Crippen LogP contribution in [0.4, 0.5) is 5.95 Å². The minimum atomic E-state index is 0.677. The summed E-state index contributed by atoms with van der Waals surface area (Å²) >= 11 is 0. The third kappa shape index (κ3) is 2.95. The molecular weight excluding hydrogens is 248 g/mol. The molecule has 0 unspecified atom stereocenters. The standard InChI is InChI=1S/C16H20N4/c1-11-9-12(2)19-16(18-11)17-10-14-8-7-13-5-3-4-6-15(13)20-14/h7-9H,3-6,10H2,1-2H3,(H,17,18,19). The molecule has 1 aliphatic rings. The van der Waals surface area contributed by atoms with Gasteiger partial charge in [-0.3, -0.25) is 4.98 Å². The predicted molar refractivity (Wildman–Crippen MR) is 79.7 cm³/mol. The van der Waals surface area contributed by atoms with Crippen LogP contribution in [0, 0.1) is 13.8 Å². The van der Waals surface area contributed by atoms with E-state index in [1.165, 1.54) is 30.5 Å². The zero-order valence-electron chi connectivity index (χ0n) is 12.1. The van der Waals surface area contributed by atoms with Crippen molar-refractivity contribution in [2.75, 3.05) is 5.32 Å². The maximum atomic E-state index is 4.76. The summed E-state index contributed by atoms with van der Waals surface area (Å²) < 4.78 is 0. The average Bonchev–Trinajstić information content (AvgIpc) is 2.44. The van der Waals surface area contributed by atoms with E-state index >= 15 is 0 Å². The first-order valence-electron chi connectivity index (χ1n) is 7.24. The van der Waals surface area contributed by atoms with E-state index < -0.39 is 0 Å². The Balaban J connectivity index is 1.71. The molecular formula is C16H20N4. The Hall–Kier alpha value is -1.97. The van der Waals surface area contributed by atoms with Crippen LogP contribution >= 0.6 is 0 Å². The van der Waals surface area contributed by atoms with Gasteiger partial charge in [0.05, 0.1) is 12.2 Å². The molecule has 0 aliphatic heterocycles. The van der Waals surface area contributed by atoms with Crippen molar-refractivity contribution in [2.24, 2.45) is 0 Å². The molecule has 2 aromatic heterocycles. The number of hydrogen-bond donors (Lipinski definition) is 1. The van der Waals surface area contributed by atoms with Gasteiger partial charge in [0.15, 0.2) is 0 Å². The molecule has 2 aromatic rings. The summed E-state index contributed by atoms with van der Waals surface area (Å²) in [5.74, 6) is 0.682. The fourth-order valence-corrected chi connectivity index (χ4v) is 2.70. The molecule has 0 bridgehead atoms. The third-order valence-electron chi connectivity index (χ3n) is 3.65. The van der Waals surface area contributed by atoms with Crippen molar-refractivity contribution < 1.29 is 0 Å². The van der Waals surface area contributed by atoms with Gasteiger partial charge < -0.3 is 5.32 Å². The minimum Gasteiger partial charge on any atom is -0.349 e. The van der Waals surface area contributed by atoms with E-state index in [0.29, 0.717) is 12.5 Å². The fraction of sp³-hybridized carbons (Fsp3) is 0.438. The van der Waals surface area contributed by atoms with E-state index in [1.807, 2.05) is 19.9 Å². The van der Waals surface area contributed by atoms with Crippen molar-refractivity contribution in [2.45, 2.75) is 46.1 Å². The molecule has 0 atom stereocenters. The number of nitrogens with zero attached hydrogens (tertiary/aromatic N) is 3. The number of pyridine rings is 1. The Morgan fingerprint density at radius 1 is 1.00 bits per heavy atom. The van der Waals surface area contributed by atoms with Gasteiger partial charge in [0, 0.05) is 17.1 Å². The lowest BCUT2D eigenvalue weighted by molar-refractivity contribution is 0.663. The van der Waals surface area contributed by atoms with E-state index in [2.05, 4.69) is 27.4 Å². The molecule has 0 saturated carbocycles. The first-order valence-corrected chi connectivity index (χ1v) is 7.24. The topological polar surface area (TPSA) is 50.7 Å². The summed E-state index contributed by atoms with van der Waals surface area (Å²) in [7, 11) is 0. The second-order valence-electron chi connectivity index (χ2n) is 5.44. The van der Waals surface area contributed by atoms with Crippen molar-refractivity contribution in [3.8, 4) is 0 Å². The van der Waals surface area contributed by atoms with Crippen LogP contribution in [0.3, 0.4) is 0 Å². The number of fused-ring (bicyclic) bond motifs is 1. The maximum Gasteiger partial charge on any atom is 0.223 e. The van der Waals surface area contributed by atoms with Crippen molar-refractivity contribution >= 4 is 5.95 Å². The Morgan fingerprint density at radius 2 is 1.75 bits per heavy atom. The molecule has 0 radical (unpaired) electrons. The molecule has 0 aromatic carbocycles. The summed E-state index contributed by atoms with van der Waals surface area (Å²) in [6.45, 7) is 4.64. The Bertz CT molecular complexity index is 602. The molecule has 104 valence electrons. The number of hydrogen-bond acceptors (Lipinski definition) is 4. The summed E-state index contributed by atoms with van der Waals surface area (Å²) in [4.78, 5) is 13.5. The Kier molecular flexibility index (Phi) is 3.63. The predicted octanol–water partition coefficient (Wildman–Crippen LogP) is 2.98. The van der Waals surface area contributed by atoms with Gasteiger partial charge in [-0.25, -0.2) is 9.97 Å². The van der Waals surface area contributed by atoms with Crippen molar-refractivity contribution in [3.63, 3.8) is 0 Å². The molecule has 4 nitrogen and oxygen atoms in total. The Labute approximate surface area is 119 Å².